The molecule has 0 aliphatic rings. The second kappa shape index (κ2) is 10.3. The fourth-order valence-electron chi connectivity index (χ4n) is 2.19. The minimum Gasteiger partial charge on any atom is -0.461 e. The molecule has 0 amide bonds. The van der Waals surface area contributed by atoms with Crippen molar-refractivity contribution in [2.75, 3.05) is 13.1 Å². The second-order valence-electron chi connectivity index (χ2n) is 5.32. The molecule has 0 atom stereocenters. The molecule has 26 heavy (non-hydrogen) atoms. The molecule has 0 unspecified atom stereocenters. The molecule has 8 nitrogen and oxygen atoms in total. The van der Waals surface area contributed by atoms with Crippen LogP contribution in [0.3, 0.4) is 0 Å². The third-order valence-corrected chi connectivity index (χ3v) is 4.21. The van der Waals surface area contributed by atoms with E-state index in [0.717, 1.165) is 23.3 Å². The number of hydrogen-bond acceptors (Lipinski definition) is 6. The van der Waals surface area contributed by atoms with Gasteiger partial charge in [0.2, 0.25) is 5.82 Å². The fourth-order valence-corrected chi connectivity index (χ4v) is 2.90. The molecule has 3 N–H and O–H groups in total. The van der Waals surface area contributed by atoms with Crippen molar-refractivity contribution in [1.82, 2.24) is 30.8 Å². The Kier molecular flexibility index (Phi) is 8.04. The van der Waals surface area contributed by atoms with Crippen molar-refractivity contribution in [3.63, 3.8) is 0 Å². The highest BCUT2D eigenvalue weighted by Gasteiger charge is 2.08. The zero-order chi connectivity index (χ0) is 17.5. The second-order valence-corrected chi connectivity index (χ2v) is 6.64. The number of thiazole rings is 1. The van der Waals surface area contributed by atoms with Gasteiger partial charge in [-0.05, 0) is 26.0 Å². The van der Waals surface area contributed by atoms with Crippen LogP contribution in [-0.2, 0) is 13.0 Å². The van der Waals surface area contributed by atoms with Crippen molar-refractivity contribution >= 4 is 41.3 Å². The fraction of sp³-hybridized carbons (Fsp3) is 0.375. The Morgan fingerprint density at radius 3 is 2.96 bits per heavy atom. The van der Waals surface area contributed by atoms with Gasteiger partial charge in [0.1, 0.15) is 10.8 Å². The van der Waals surface area contributed by atoms with Crippen molar-refractivity contribution in [1.29, 1.82) is 0 Å². The largest absolute Gasteiger partial charge is 0.461 e. The van der Waals surface area contributed by atoms with Crippen molar-refractivity contribution < 1.29 is 4.42 Å². The van der Waals surface area contributed by atoms with Crippen LogP contribution in [0.4, 0.5) is 0 Å². The van der Waals surface area contributed by atoms with Crippen LogP contribution in [0.2, 0.25) is 0 Å². The number of furan rings is 1. The van der Waals surface area contributed by atoms with E-state index in [1.165, 1.54) is 4.88 Å². The molecule has 3 heterocycles. The number of H-pyrrole nitrogens is 1. The summed E-state index contributed by atoms with van der Waals surface area (Å²) in [4.78, 5) is 14.5. The molecule has 3 aromatic heterocycles. The maximum Gasteiger partial charge on any atom is 0.216 e. The van der Waals surface area contributed by atoms with E-state index >= 15 is 0 Å². The summed E-state index contributed by atoms with van der Waals surface area (Å²) in [6.07, 6.45) is 4.18. The number of aromatic nitrogens is 4. The lowest BCUT2D eigenvalue weighted by atomic mass is 10.4. The highest BCUT2D eigenvalue weighted by molar-refractivity contribution is 14.0. The first-order valence-electron chi connectivity index (χ1n) is 8.13. The van der Waals surface area contributed by atoms with E-state index in [2.05, 4.69) is 35.8 Å². The number of guanidine groups is 1. The molecule has 0 aliphatic heterocycles. The molecule has 0 aliphatic carbocycles. The van der Waals surface area contributed by atoms with Gasteiger partial charge in [-0.1, -0.05) is 0 Å². The average molecular weight is 487 g/mol. The topological polar surface area (TPSA) is 104 Å². The van der Waals surface area contributed by atoms with E-state index in [0.29, 0.717) is 31.1 Å². The average Bonchev–Trinajstić information content (AvgIpc) is 3.34. The molecule has 0 saturated carbocycles. The predicted octanol–water partition coefficient (Wildman–Crippen LogP) is 2.75. The van der Waals surface area contributed by atoms with E-state index < -0.39 is 0 Å². The van der Waals surface area contributed by atoms with Crippen LogP contribution in [0, 0.1) is 6.92 Å². The highest BCUT2D eigenvalue weighted by atomic mass is 127. The predicted molar refractivity (Wildman–Crippen MR) is 113 cm³/mol. The highest BCUT2D eigenvalue weighted by Crippen LogP contribution is 2.14. The summed E-state index contributed by atoms with van der Waals surface area (Å²) in [7, 11) is 0. The monoisotopic (exact) mass is 487 g/mol. The molecule has 0 radical (unpaired) electrons. The number of aromatic amines is 1. The van der Waals surface area contributed by atoms with Crippen LogP contribution in [0.25, 0.3) is 11.6 Å². The minimum atomic E-state index is 0. The number of aliphatic imine (C=N–C) groups is 1. The van der Waals surface area contributed by atoms with Crippen LogP contribution in [-0.4, -0.2) is 39.2 Å². The molecule has 0 saturated heterocycles. The Balaban J connectivity index is 0.00000243. The van der Waals surface area contributed by atoms with E-state index in [9.17, 15) is 0 Å². The van der Waals surface area contributed by atoms with Crippen LogP contribution in [0.15, 0.2) is 34.0 Å². The number of hydrogen-bond donors (Lipinski definition) is 3. The molecule has 0 aromatic carbocycles. The van der Waals surface area contributed by atoms with Crippen LogP contribution in [0.5, 0.6) is 0 Å². The van der Waals surface area contributed by atoms with Gasteiger partial charge in [0, 0.05) is 30.6 Å². The minimum absolute atomic E-state index is 0. The van der Waals surface area contributed by atoms with Gasteiger partial charge in [-0.15, -0.1) is 35.3 Å². The van der Waals surface area contributed by atoms with Crippen molar-refractivity contribution in [3.05, 3.63) is 40.3 Å². The molecule has 0 spiro atoms. The number of rotatable bonds is 7. The lowest BCUT2D eigenvalue weighted by molar-refractivity contribution is 0.577. The number of halogens is 1. The molecular formula is C16H22IN7OS. The Bertz CT molecular complexity index is 812. The standard InChI is InChI=1S/C16H21N7OS.HI/c1-3-17-16(20-10-14-19-9-11(2)25-14)18-7-6-13-21-15(23-22-13)12-5-4-8-24-12;/h4-5,8-9H,3,6-7,10H2,1-2H3,(H2,17,18,20)(H,21,22,23);1H. The third-order valence-electron chi connectivity index (χ3n) is 3.31. The SMILES string of the molecule is CCNC(=NCc1ncc(C)s1)NCCc1nc(-c2ccco2)n[nH]1.I. The Morgan fingerprint density at radius 2 is 2.27 bits per heavy atom. The van der Waals surface area contributed by atoms with E-state index in [-0.39, 0.29) is 24.0 Å². The molecule has 0 fully saturated rings. The summed E-state index contributed by atoms with van der Waals surface area (Å²) in [6.45, 7) is 6.14. The van der Waals surface area contributed by atoms with Gasteiger partial charge in [0.25, 0.3) is 0 Å². The third kappa shape index (κ3) is 5.80. The van der Waals surface area contributed by atoms with Gasteiger partial charge in [0.05, 0.1) is 12.8 Å². The molecule has 3 rings (SSSR count). The van der Waals surface area contributed by atoms with Gasteiger partial charge in [0.15, 0.2) is 11.7 Å². The Hall–Kier alpha value is -1.95. The van der Waals surface area contributed by atoms with Gasteiger partial charge >= 0.3 is 0 Å². The maximum absolute atomic E-state index is 5.29. The Morgan fingerprint density at radius 1 is 1.38 bits per heavy atom. The zero-order valence-corrected chi connectivity index (χ0v) is 17.8. The molecule has 10 heteroatoms. The van der Waals surface area contributed by atoms with Gasteiger partial charge in [-0.25, -0.2) is 15.0 Å². The van der Waals surface area contributed by atoms with Gasteiger partial charge in [-0.3, -0.25) is 5.10 Å². The normalized spacial score (nSPS) is 11.2. The van der Waals surface area contributed by atoms with Crippen LogP contribution < -0.4 is 10.6 Å². The van der Waals surface area contributed by atoms with E-state index in [1.54, 1.807) is 17.6 Å². The number of aryl methyl sites for hydroxylation is 1. The zero-order valence-electron chi connectivity index (χ0n) is 14.7. The van der Waals surface area contributed by atoms with Crippen molar-refractivity contribution in [2.24, 2.45) is 4.99 Å². The lowest BCUT2D eigenvalue weighted by Gasteiger charge is -2.10. The first-order chi connectivity index (χ1) is 12.2. The van der Waals surface area contributed by atoms with E-state index in [1.807, 2.05) is 32.2 Å². The summed E-state index contributed by atoms with van der Waals surface area (Å²) in [5, 5.41) is 14.6. The van der Waals surface area contributed by atoms with Gasteiger partial charge < -0.3 is 15.1 Å². The first-order valence-corrected chi connectivity index (χ1v) is 8.95. The molecule has 140 valence electrons. The maximum atomic E-state index is 5.29. The van der Waals surface area contributed by atoms with Crippen LogP contribution >= 0.6 is 35.3 Å². The smallest absolute Gasteiger partial charge is 0.216 e. The summed E-state index contributed by atoms with van der Waals surface area (Å²) in [6, 6.07) is 3.65. The number of nitrogens with one attached hydrogen (secondary N) is 3. The van der Waals surface area contributed by atoms with E-state index in [4.69, 9.17) is 4.42 Å². The first kappa shape index (κ1) is 20.4. The Labute approximate surface area is 173 Å². The van der Waals surface area contributed by atoms with Crippen LogP contribution in [0.1, 0.15) is 22.6 Å². The lowest BCUT2D eigenvalue weighted by Crippen LogP contribution is -2.38. The molecule has 0 bridgehead atoms. The number of nitrogens with zero attached hydrogens (tertiary/aromatic N) is 4. The summed E-state index contributed by atoms with van der Waals surface area (Å²) < 4.78 is 5.29. The van der Waals surface area contributed by atoms with Gasteiger partial charge in [-0.2, -0.15) is 5.10 Å². The summed E-state index contributed by atoms with van der Waals surface area (Å²) >= 11 is 1.66. The van der Waals surface area contributed by atoms with Crippen molar-refractivity contribution in [3.8, 4) is 11.6 Å². The summed E-state index contributed by atoms with van der Waals surface area (Å²) in [5.74, 6) is 2.79. The quantitative estimate of drug-likeness (QED) is 0.269. The molecular weight excluding hydrogens is 465 g/mol. The molecule has 3 aromatic rings. The summed E-state index contributed by atoms with van der Waals surface area (Å²) in [5.41, 5.74) is 0. The van der Waals surface area contributed by atoms with Crippen molar-refractivity contribution in [2.45, 2.75) is 26.8 Å².